The fourth-order valence-corrected chi connectivity index (χ4v) is 2.36. The van der Waals surface area contributed by atoms with E-state index in [0.717, 1.165) is 12.1 Å². The molecule has 2 aromatic rings. The van der Waals surface area contributed by atoms with Crippen LogP contribution in [0.5, 0.6) is 0 Å². The molecule has 3 heteroatoms. The van der Waals surface area contributed by atoms with Crippen molar-refractivity contribution < 1.29 is 4.79 Å². The summed E-state index contributed by atoms with van der Waals surface area (Å²) in [5.41, 5.74) is 3.42. The number of aromatic nitrogens is 1. The van der Waals surface area contributed by atoms with Crippen molar-refractivity contribution in [2.24, 2.45) is 0 Å². The van der Waals surface area contributed by atoms with Crippen molar-refractivity contribution in [1.82, 2.24) is 4.98 Å². The van der Waals surface area contributed by atoms with Crippen LogP contribution in [-0.4, -0.2) is 10.9 Å². The first-order chi connectivity index (χ1) is 8.75. The number of pyridine rings is 1. The molecule has 1 aromatic carbocycles. The Morgan fingerprint density at radius 3 is 2.83 bits per heavy atom. The summed E-state index contributed by atoms with van der Waals surface area (Å²) in [5, 5.41) is 0. The summed E-state index contributed by atoms with van der Waals surface area (Å²) in [7, 11) is 0. The van der Waals surface area contributed by atoms with Crippen LogP contribution in [0.3, 0.4) is 0 Å². The first-order valence-corrected chi connectivity index (χ1v) is 6.09. The van der Waals surface area contributed by atoms with E-state index >= 15 is 0 Å². The zero-order chi connectivity index (χ0) is 12.5. The van der Waals surface area contributed by atoms with Gasteiger partial charge >= 0.3 is 0 Å². The van der Waals surface area contributed by atoms with Gasteiger partial charge in [-0.1, -0.05) is 23.8 Å². The highest BCUT2D eigenvalue weighted by molar-refractivity contribution is 6.02. The zero-order valence-electron chi connectivity index (χ0n) is 10.3. The van der Waals surface area contributed by atoms with Gasteiger partial charge in [-0.3, -0.25) is 9.69 Å². The molecular weight excluding hydrogens is 224 g/mol. The molecule has 0 atom stereocenters. The van der Waals surface area contributed by atoms with Gasteiger partial charge in [0.05, 0.1) is 5.69 Å². The van der Waals surface area contributed by atoms with Gasteiger partial charge in [0.15, 0.2) is 0 Å². The predicted molar refractivity (Wildman–Crippen MR) is 70.9 cm³/mol. The minimum atomic E-state index is 0.116. The molecule has 0 spiro atoms. The standard InChI is InChI=1S/C15H14N2O/c1-11-5-7-13-12(10-11)6-8-15(18)17(13)14-4-2-3-9-16-14/h2-5,7,9-10H,6,8H2,1H3. The van der Waals surface area contributed by atoms with Gasteiger partial charge in [0.25, 0.3) is 0 Å². The molecule has 3 rings (SSSR count). The SMILES string of the molecule is Cc1ccc2c(c1)CCC(=O)N2c1ccccn1. The van der Waals surface area contributed by atoms with E-state index in [1.54, 1.807) is 11.1 Å². The summed E-state index contributed by atoms with van der Waals surface area (Å²) in [6, 6.07) is 11.8. The van der Waals surface area contributed by atoms with Crippen LogP contribution in [-0.2, 0) is 11.2 Å². The van der Waals surface area contributed by atoms with Gasteiger partial charge in [-0.05, 0) is 37.1 Å². The lowest BCUT2D eigenvalue weighted by Gasteiger charge is -2.28. The first kappa shape index (κ1) is 11.0. The van der Waals surface area contributed by atoms with Crippen molar-refractivity contribution in [1.29, 1.82) is 0 Å². The summed E-state index contributed by atoms with van der Waals surface area (Å²) in [4.78, 5) is 18.1. The van der Waals surface area contributed by atoms with Crippen LogP contribution in [0.1, 0.15) is 17.5 Å². The maximum atomic E-state index is 12.1. The van der Waals surface area contributed by atoms with Crippen molar-refractivity contribution in [3.05, 3.63) is 53.7 Å². The van der Waals surface area contributed by atoms with E-state index in [1.165, 1.54) is 11.1 Å². The van der Waals surface area contributed by atoms with E-state index in [4.69, 9.17) is 0 Å². The molecule has 0 aliphatic carbocycles. The molecule has 2 heterocycles. The van der Waals surface area contributed by atoms with Crippen LogP contribution in [0.4, 0.5) is 11.5 Å². The van der Waals surface area contributed by atoms with Crippen molar-refractivity contribution in [2.75, 3.05) is 4.90 Å². The minimum absolute atomic E-state index is 0.116. The second-order valence-corrected chi connectivity index (χ2v) is 4.55. The molecule has 0 unspecified atom stereocenters. The summed E-state index contributed by atoms with van der Waals surface area (Å²) in [5.74, 6) is 0.817. The Hall–Kier alpha value is -2.16. The van der Waals surface area contributed by atoms with Gasteiger partial charge in [-0.15, -0.1) is 0 Å². The topological polar surface area (TPSA) is 33.2 Å². The quantitative estimate of drug-likeness (QED) is 0.765. The van der Waals surface area contributed by atoms with Crippen LogP contribution >= 0.6 is 0 Å². The average molecular weight is 238 g/mol. The molecule has 0 radical (unpaired) electrons. The Morgan fingerprint density at radius 1 is 1.17 bits per heavy atom. The van der Waals surface area contributed by atoms with Crippen LogP contribution < -0.4 is 4.90 Å². The molecule has 0 saturated heterocycles. The largest absolute Gasteiger partial charge is 0.274 e. The maximum Gasteiger partial charge on any atom is 0.233 e. The zero-order valence-corrected chi connectivity index (χ0v) is 10.3. The third-order valence-corrected chi connectivity index (χ3v) is 3.21. The normalized spacial score (nSPS) is 14.5. The van der Waals surface area contributed by atoms with Gasteiger partial charge in [-0.2, -0.15) is 0 Å². The van der Waals surface area contributed by atoms with Crippen molar-refractivity contribution in [3.63, 3.8) is 0 Å². The molecule has 3 nitrogen and oxygen atoms in total. The molecule has 1 aromatic heterocycles. The second-order valence-electron chi connectivity index (χ2n) is 4.55. The molecule has 0 N–H and O–H groups in total. The lowest BCUT2D eigenvalue weighted by atomic mass is 9.99. The monoisotopic (exact) mass is 238 g/mol. The summed E-state index contributed by atoms with van der Waals surface area (Å²) >= 11 is 0. The fraction of sp³-hybridized carbons (Fsp3) is 0.200. The maximum absolute atomic E-state index is 12.1. The van der Waals surface area contributed by atoms with E-state index in [0.29, 0.717) is 12.2 Å². The molecule has 0 fully saturated rings. The molecule has 18 heavy (non-hydrogen) atoms. The van der Waals surface area contributed by atoms with Gasteiger partial charge in [-0.25, -0.2) is 4.98 Å². The lowest BCUT2D eigenvalue weighted by molar-refractivity contribution is -0.118. The fourth-order valence-electron chi connectivity index (χ4n) is 2.36. The third-order valence-electron chi connectivity index (χ3n) is 3.21. The lowest BCUT2D eigenvalue weighted by Crippen LogP contribution is -2.31. The summed E-state index contributed by atoms with van der Waals surface area (Å²) < 4.78 is 0. The Morgan fingerprint density at radius 2 is 2.06 bits per heavy atom. The minimum Gasteiger partial charge on any atom is -0.274 e. The third kappa shape index (κ3) is 1.78. The van der Waals surface area contributed by atoms with Crippen molar-refractivity contribution in [2.45, 2.75) is 19.8 Å². The Bertz CT molecular complexity index is 593. The van der Waals surface area contributed by atoms with Gasteiger partial charge in [0.1, 0.15) is 5.82 Å². The van der Waals surface area contributed by atoms with Gasteiger partial charge < -0.3 is 0 Å². The Labute approximate surface area is 106 Å². The first-order valence-electron chi connectivity index (χ1n) is 6.09. The Balaban J connectivity index is 2.13. The van der Waals surface area contributed by atoms with Crippen LogP contribution in [0, 0.1) is 6.92 Å². The van der Waals surface area contributed by atoms with E-state index in [-0.39, 0.29) is 5.91 Å². The number of aryl methyl sites for hydroxylation is 2. The molecule has 1 aliphatic rings. The number of amides is 1. The van der Waals surface area contributed by atoms with Crippen molar-refractivity contribution in [3.8, 4) is 0 Å². The number of hydrogen-bond acceptors (Lipinski definition) is 2. The van der Waals surface area contributed by atoms with Crippen LogP contribution in [0.25, 0.3) is 0 Å². The van der Waals surface area contributed by atoms with E-state index < -0.39 is 0 Å². The van der Waals surface area contributed by atoms with E-state index in [1.807, 2.05) is 30.3 Å². The molecule has 0 bridgehead atoms. The number of hydrogen-bond donors (Lipinski definition) is 0. The summed E-state index contributed by atoms with van der Waals surface area (Å²) in [6.45, 7) is 2.07. The number of carbonyl (C=O) groups excluding carboxylic acids is 1. The van der Waals surface area contributed by atoms with E-state index in [2.05, 4.69) is 18.0 Å². The summed E-state index contributed by atoms with van der Waals surface area (Å²) in [6.07, 6.45) is 3.08. The molecule has 90 valence electrons. The number of benzene rings is 1. The number of fused-ring (bicyclic) bond motifs is 1. The average Bonchev–Trinajstić information content (AvgIpc) is 2.40. The molecular formula is C15H14N2O. The molecule has 0 saturated carbocycles. The highest BCUT2D eigenvalue weighted by Gasteiger charge is 2.25. The van der Waals surface area contributed by atoms with Gasteiger partial charge in [0, 0.05) is 12.6 Å². The van der Waals surface area contributed by atoms with Crippen LogP contribution in [0.15, 0.2) is 42.6 Å². The second kappa shape index (κ2) is 4.26. The predicted octanol–water partition coefficient (Wildman–Crippen LogP) is 3.00. The van der Waals surface area contributed by atoms with Gasteiger partial charge in [0.2, 0.25) is 5.91 Å². The highest BCUT2D eigenvalue weighted by Crippen LogP contribution is 2.33. The van der Waals surface area contributed by atoms with E-state index in [9.17, 15) is 4.79 Å². The molecule has 1 aliphatic heterocycles. The highest BCUT2D eigenvalue weighted by atomic mass is 16.2. The number of anilines is 2. The smallest absolute Gasteiger partial charge is 0.233 e. The van der Waals surface area contributed by atoms with Crippen molar-refractivity contribution >= 4 is 17.4 Å². The number of rotatable bonds is 1. The number of carbonyl (C=O) groups is 1. The Kier molecular flexibility index (Phi) is 2.59. The van der Waals surface area contributed by atoms with Crippen LogP contribution in [0.2, 0.25) is 0 Å². The number of nitrogens with zero attached hydrogens (tertiary/aromatic N) is 2. The molecule has 1 amide bonds.